The third kappa shape index (κ3) is 2.02. The maximum atomic E-state index is 13.3. The molecule has 1 aliphatic rings. The maximum Gasteiger partial charge on any atom is 0.138 e. The third-order valence-electron chi connectivity index (χ3n) is 2.63. The number of piperidine rings is 1. The summed E-state index contributed by atoms with van der Waals surface area (Å²) in [5, 5.41) is 0. The Kier molecular flexibility index (Phi) is 3.26. The van der Waals surface area contributed by atoms with E-state index in [4.69, 9.17) is 0 Å². The van der Waals surface area contributed by atoms with Crippen molar-refractivity contribution in [3.63, 3.8) is 0 Å². The van der Waals surface area contributed by atoms with Crippen LogP contribution >= 0.6 is 22.6 Å². The molecule has 0 aromatic heterocycles. The molecular weight excluding hydrogens is 292 g/mol. The highest BCUT2D eigenvalue weighted by molar-refractivity contribution is 14.1. The second-order valence-corrected chi connectivity index (χ2v) is 4.70. The molecule has 1 aliphatic heterocycles. The van der Waals surface area contributed by atoms with Gasteiger partial charge >= 0.3 is 0 Å². The first kappa shape index (κ1) is 10.2. The van der Waals surface area contributed by atoms with Gasteiger partial charge in [0.1, 0.15) is 5.82 Å². The highest BCUT2D eigenvalue weighted by Crippen LogP contribution is 2.27. The Morgan fingerprint density at radius 3 is 2.57 bits per heavy atom. The van der Waals surface area contributed by atoms with Crippen molar-refractivity contribution in [1.82, 2.24) is 0 Å². The number of halogens is 2. The zero-order chi connectivity index (χ0) is 9.97. The number of nitrogens with zero attached hydrogens (tertiary/aromatic N) is 1. The molecule has 14 heavy (non-hydrogen) atoms. The molecule has 1 aromatic carbocycles. The summed E-state index contributed by atoms with van der Waals surface area (Å²) in [6.07, 6.45) is 3.77. The van der Waals surface area contributed by atoms with Gasteiger partial charge in [0.2, 0.25) is 0 Å². The summed E-state index contributed by atoms with van der Waals surface area (Å²) < 4.78 is 14.1. The molecule has 0 saturated carbocycles. The first-order valence-electron chi connectivity index (χ1n) is 4.98. The molecule has 0 amide bonds. The molecule has 0 radical (unpaired) electrons. The predicted octanol–water partition coefficient (Wildman–Crippen LogP) is 3.42. The molecule has 3 heteroatoms. The molecule has 1 fully saturated rings. The fourth-order valence-corrected chi connectivity index (χ4v) is 2.57. The Labute approximate surface area is 97.4 Å². The Hall–Kier alpha value is -0.320. The molecular formula is C11H13FIN. The van der Waals surface area contributed by atoms with Gasteiger partial charge in [-0.3, -0.25) is 0 Å². The van der Waals surface area contributed by atoms with Gasteiger partial charge < -0.3 is 4.90 Å². The molecule has 0 atom stereocenters. The first-order valence-corrected chi connectivity index (χ1v) is 6.06. The van der Waals surface area contributed by atoms with E-state index in [2.05, 4.69) is 27.5 Å². The van der Waals surface area contributed by atoms with Crippen molar-refractivity contribution in [1.29, 1.82) is 0 Å². The normalized spacial score (nSPS) is 17.1. The lowest BCUT2D eigenvalue weighted by Gasteiger charge is -2.29. The molecule has 2 rings (SSSR count). The van der Waals surface area contributed by atoms with Gasteiger partial charge in [0.05, 0.1) is 9.26 Å². The summed E-state index contributed by atoms with van der Waals surface area (Å²) in [7, 11) is 0. The molecule has 1 saturated heterocycles. The molecule has 0 aliphatic carbocycles. The lowest BCUT2D eigenvalue weighted by atomic mass is 10.1. The van der Waals surface area contributed by atoms with Gasteiger partial charge in [-0.1, -0.05) is 6.07 Å². The van der Waals surface area contributed by atoms with Crippen LogP contribution in [-0.4, -0.2) is 13.1 Å². The average Bonchev–Trinajstić information content (AvgIpc) is 2.23. The van der Waals surface area contributed by atoms with Crippen molar-refractivity contribution < 1.29 is 4.39 Å². The Bertz CT molecular complexity index is 321. The van der Waals surface area contributed by atoms with Crippen LogP contribution in [-0.2, 0) is 0 Å². The first-order chi connectivity index (χ1) is 6.79. The summed E-state index contributed by atoms with van der Waals surface area (Å²) in [5.74, 6) is -0.103. The standard InChI is InChI=1S/C11H13FIN/c12-9-5-4-6-10(11(9)13)14-7-2-1-3-8-14/h4-6H,1-3,7-8H2. The average molecular weight is 305 g/mol. The Morgan fingerprint density at radius 1 is 1.14 bits per heavy atom. The molecule has 0 N–H and O–H groups in total. The second-order valence-electron chi connectivity index (χ2n) is 3.62. The minimum atomic E-state index is -0.103. The van der Waals surface area contributed by atoms with Gasteiger partial charge in [0.25, 0.3) is 0 Å². The molecule has 0 bridgehead atoms. The fourth-order valence-electron chi connectivity index (χ4n) is 1.87. The van der Waals surface area contributed by atoms with Crippen LogP contribution in [0.3, 0.4) is 0 Å². The van der Waals surface area contributed by atoms with Crippen LogP contribution in [0.15, 0.2) is 18.2 Å². The summed E-state index contributed by atoms with van der Waals surface area (Å²) in [4.78, 5) is 2.29. The van der Waals surface area contributed by atoms with Gasteiger partial charge in [-0.15, -0.1) is 0 Å². The smallest absolute Gasteiger partial charge is 0.138 e. The number of hydrogen-bond acceptors (Lipinski definition) is 1. The van der Waals surface area contributed by atoms with Crippen LogP contribution in [0.4, 0.5) is 10.1 Å². The highest BCUT2D eigenvalue weighted by atomic mass is 127. The van der Waals surface area contributed by atoms with Gasteiger partial charge in [-0.25, -0.2) is 4.39 Å². The maximum absolute atomic E-state index is 13.3. The van der Waals surface area contributed by atoms with Gasteiger partial charge in [-0.05, 0) is 54.0 Å². The number of benzene rings is 1. The minimum absolute atomic E-state index is 0.103. The van der Waals surface area contributed by atoms with Crippen molar-refractivity contribution >= 4 is 28.3 Å². The van der Waals surface area contributed by atoms with E-state index in [0.29, 0.717) is 0 Å². The fraction of sp³-hybridized carbons (Fsp3) is 0.455. The van der Waals surface area contributed by atoms with Crippen molar-refractivity contribution in [2.75, 3.05) is 18.0 Å². The third-order valence-corrected chi connectivity index (χ3v) is 3.70. The molecule has 1 nitrogen and oxygen atoms in total. The molecule has 0 unspecified atom stereocenters. The van der Waals surface area contributed by atoms with E-state index in [1.165, 1.54) is 25.3 Å². The van der Waals surface area contributed by atoms with Gasteiger partial charge in [0, 0.05) is 13.1 Å². The van der Waals surface area contributed by atoms with E-state index in [1.54, 1.807) is 6.07 Å². The second kappa shape index (κ2) is 4.47. The summed E-state index contributed by atoms with van der Waals surface area (Å²) in [6.45, 7) is 2.14. The molecule has 1 aromatic rings. The van der Waals surface area contributed by atoms with E-state index in [1.807, 2.05) is 6.07 Å². The molecule has 0 spiro atoms. The van der Waals surface area contributed by atoms with Crippen LogP contribution in [0.2, 0.25) is 0 Å². The van der Waals surface area contributed by atoms with Crippen LogP contribution in [0.5, 0.6) is 0 Å². The van der Waals surface area contributed by atoms with E-state index in [-0.39, 0.29) is 5.82 Å². The quantitative estimate of drug-likeness (QED) is 0.719. The van der Waals surface area contributed by atoms with Crippen LogP contribution in [0, 0.1) is 9.39 Å². The topological polar surface area (TPSA) is 3.24 Å². The van der Waals surface area contributed by atoms with E-state index < -0.39 is 0 Å². The number of rotatable bonds is 1. The zero-order valence-electron chi connectivity index (χ0n) is 7.97. The summed E-state index contributed by atoms with van der Waals surface area (Å²) in [6, 6.07) is 5.33. The van der Waals surface area contributed by atoms with E-state index in [9.17, 15) is 4.39 Å². The SMILES string of the molecule is Fc1cccc(N2CCCCC2)c1I. The van der Waals surface area contributed by atoms with Gasteiger partial charge in [0.15, 0.2) is 0 Å². The molecule has 76 valence electrons. The van der Waals surface area contributed by atoms with Crippen molar-refractivity contribution in [3.05, 3.63) is 27.6 Å². The van der Waals surface area contributed by atoms with Crippen molar-refractivity contribution in [3.8, 4) is 0 Å². The summed E-state index contributed by atoms with van der Waals surface area (Å²) in [5.41, 5.74) is 1.06. The van der Waals surface area contributed by atoms with Crippen LogP contribution in [0.1, 0.15) is 19.3 Å². The van der Waals surface area contributed by atoms with Crippen LogP contribution in [0.25, 0.3) is 0 Å². The Morgan fingerprint density at radius 2 is 1.86 bits per heavy atom. The Balaban J connectivity index is 2.26. The van der Waals surface area contributed by atoms with Gasteiger partial charge in [-0.2, -0.15) is 0 Å². The monoisotopic (exact) mass is 305 g/mol. The predicted molar refractivity (Wildman–Crippen MR) is 65.2 cm³/mol. The van der Waals surface area contributed by atoms with Crippen LogP contribution < -0.4 is 4.90 Å². The number of anilines is 1. The molecule has 1 heterocycles. The minimum Gasteiger partial charge on any atom is -0.371 e. The van der Waals surface area contributed by atoms with Crippen molar-refractivity contribution in [2.45, 2.75) is 19.3 Å². The van der Waals surface area contributed by atoms with E-state index in [0.717, 1.165) is 22.3 Å². The highest BCUT2D eigenvalue weighted by Gasteiger charge is 2.14. The summed E-state index contributed by atoms with van der Waals surface area (Å²) >= 11 is 2.09. The largest absolute Gasteiger partial charge is 0.371 e. The number of hydrogen-bond donors (Lipinski definition) is 0. The van der Waals surface area contributed by atoms with E-state index >= 15 is 0 Å². The lowest BCUT2D eigenvalue weighted by molar-refractivity contribution is 0.572. The van der Waals surface area contributed by atoms with Crippen molar-refractivity contribution in [2.24, 2.45) is 0 Å². The zero-order valence-corrected chi connectivity index (χ0v) is 10.1. The lowest BCUT2D eigenvalue weighted by Crippen LogP contribution is -2.30.